The average molecular weight is 263 g/mol. The van der Waals surface area contributed by atoms with Crippen molar-refractivity contribution in [1.82, 2.24) is 15.3 Å². The van der Waals surface area contributed by atoms with Gasteiger partial charge in [-0.3, -0.25) is 0 Å². The van der Waals surface area contributed by atoms with Gasteiger partial charge in [0, 0.05) is 31.2 Å². The van der Waals surface area contributed by atoms with Gasteiger partial charge in [-0.15, -0.1) is 0 Å². The second-order valence-electron chi connectivity index (χ2n) is 6.29. The summed E-state index contributed by atoms with van der Waals surface area (Å²) in [7, 11) is 2.11. The molecule has 2 rings (SSSR count). The van der Waals surface area contributed by atoms with Gasteiger partial charge in [0.1, 0.15) is 17.5 Å². The van der Waals surface area contributed by atoms with Crippen LogP contribution in [0.1, 0.15) is 33.0 Å². The number of hydrogen-bond donors (Lipinski definition) is 2. The van der Waals surface area contributed by atoms with Crippen molar-refractivity contribution in [3.8, 4) is 0 Å². The fourth-order valence-corrected chi connectivity index (χ4v) is 2.34. The van der Waals surface area contributed by atoms with Crippen LogP contribution in [0.25, 0.3) is 0 Å². The summed E-state index contributed by atoms with van der Waals surface area (Å²) in [4.78, 5) is 11.3. The molecular weight excluding hydrogens is 238 g/mol. The minimum atomic E-state index is 0.00550. The van der Waals surface area contributed by atoms with Crippen molar-refractivity contribution in [3.05, 3.63) is 11.9 Å². The molecule has 19 heavy (non-hydrogen) atoms. The number of aromatic nitrogens is 2. The zero-order valence-corrected chi connectivity index (χ0v) is 12.6. The molecule has 5 nitrogen and oxygen atoms in total. The van der Waals surface area contributed by atoms with Crippen molar-refractivity contribution >= 4 is 11.6 Å². The second kappa shape index (κ2) is 5.33. The first-order valence-corrected chi connectivity index (χ1v) is 6.92. The van der Waals surface area contributed by atoms with Crippen LogP contribution in [-0.4, -0.2) is 41.7 Å². The van der Waals surface area contributed by atoms with E-state index in [0.717, 1.165) is 30.5 Å². The first-order valence-electron chi connectivity index (χ1n) is 6.92. The standard InChI is InChI=1S/C14H25N5/c1-10-16-12(18-14(2,3)4)8-13(17-10)19(5)11-6-7-15-9-11/h8,11,15H,6-7,9H2,1-5H3,(H,16,17,18). The van der Waals surface area contributed by atoms with Crippen molar-refractivity contribution in [2.24, 2.45) is 0 Å². The van der Waals surface area contributed by atoms with Gasteiger partial charge >= 0.3 is 0 Å². The van der Waals surface area contributed by atoms with E-state index in [9.17, 15) is 0 Å². The Balaban J connectivity index is 2.20. The highest BCUT2D eigenvalue weighted by Crippen LogP contribution is 2.21. The SMILES string of the molecule is Cc1nc(NC(C)(C)C)cc(N(C)C2CCNC2)n1. The lowest BCUT2D eigenvalue weighted by Crippen LogP contribution is -2.34. The Morgan fingerprint density at radius 2 is 2.11 bits per heavy atom. The summed E-state index contributed by atoms with van der Waals surface area (Å²) in [6.45, 7) is 10.5. The number of nitrogens with one attached hydrogen (secondary N) is 2. The lowest BCUT2D eigenvalue weighted by Gasteiger charge is -2.27. The molecule has 2 N–H and O–H groups in total. The van der Waals surface area contributed by atoms with Gasteiger partial charge in [0.2, 0.25) is 0 Å². The van der Waals surface area contributed by atoms with Crippen LogP contribution < -0.4 is 15.5 Å². The summed E-state index contributed by atoms with van der Waals surface area (Å²) < 4.78 is 0. The fraction of sp³-hybridized carbons (Fsp3) is 0.714. The number of rotatable bonds is 3. The summed E-state index contributed by atoms with van der Waals surface area (Å²) >= 11 is 0. The first-order chi connectivity index (χ1) is 8.85. The first kappa shape index (κ1) is 14.1. The Hall–Kier alpha value is -1.36. The third-order valence-electron chi connectivity index (χ3n) is 3.27. The predicted octanol–water partition coefficient (Wildman–Crippen LogP) is 1.79. The molecule has 1 aliphatic rings. The second-order valence-corrected chi connectivity index (χ2v) is 6.29. The summed E-state index contributed by atoms with van der Waals surface area (Å²) in [6, 6.07) is 2.56. The Labute approximate surface area is 115 Å². The predicted molar refractivity (Wildman–Crippen MR) is 79.8 cm³/mol. The van der Waals surface area contributed by atoms with E-state index in [1.807, 2.05) is 13.0 Å². The zero-order chi connectivity index (χ0) is 14.0. The van der Waals surface area contributed by atoms with E-state index < -0.39 is 0 Å². The van der Waals surface area contributed by atoms with Crippen LogP contribution in [0, 0.1) is 6.92 Å². The third kappa shape index (κ3) is 3.80. The van der Waals surface area contributed by atoms with E-state index in [1.54, 1.807) is 0 Å². The molecule has 0 aliphatic carbocycles. The summed E-state index contributed by atoms with van der Waals surface area (Å²) in [5.41, 5.74) is 0.00550. The molecule has 0 aromatic carbocycles. The summed E-state index contributed by atoms with van der Waals surface area (Å²) in [5.74, 6) is 2.70. The van der Waals surface area contributed by atoms with Crippen LogP contribution in [-0.2, 0) is 0 Å². The van der Waals surface area contributed by atoms with Gasteiger partial charge in [0.15, 0.2) is 0 Å². The van der Waals surface area contributed by atoms with Crippen molar-refractivity contribution < 1.29 is 0 Å². The molecule has 0 saturated carbocycles. The van der Waals surface area contributed by atoms with Crippen LogP contribution in [0.2, 0.25) is 0 Å². The minimum Gasteiger partial charge on any atom is -0.365 e. The lowest BCUT2D eigenvalue weighted by molar-refractivity contribution is 0.628. The molecule has 0 amide bonds. The van der Waals surface area contributed by atoms with Crippen molar-refractivity contribution in [1.29, 1.82) is 0 Å². The highest BCUT2D eigenvalue weighted by molar-refractivity contribution is 5.50. The van der Waals surface area contributed by atoms with Gasteiger partial charge in [-0.05, 0) is 40.7 Å². The van der Waals surface area contributed by atoms with Crippen molar-refractivity contribution in [2.45, 2.75) is 45.7 Å². The van der Waals surface area contributed by atoms with E-state index in [-0.39, 0.29) is 5.54 Å². The van der Waals surface area contributed by atoms with Gasteiger partial charge < -0.3 is 15.5 Å². The van der Waals surface area contributed by atoms with E-state index in [0.29, 0.717) is 6.04 Å². The third-order valence-corrected chi connectivity index (χ3v) is 3.27. The van der Waals surface area contributed by atoms with Gasteiger partial charge in [-0.2, -0.15) is 0 Å². The average Bonchev–Trinajstić information content (AvgIpc) is 2.77. The van der Waals surface area contributed by atoms with E-state index in [4.69, 9.17) is 0 Å². The van der Waals surface area contributed by atoms with Crippen molar-refractivity contribution in [2.75, 3.05) is 30.4 Å². The van der Waals surface area contributed by atoms with Gasteiger partial charge in [0.05, 0.1) is 0 Å². The van der Waals surface area contributed by atoms with E-state index in [2.05, 4.69) is 53.3 Å². The van der Waals surface area contributed by atoms with Crippen molar-refractivity contribution in [3.63, 3.8) is 0 Å². The number of nitrogens with zero attached hydrogens (tertiary/aromatic N) is 3. The maximum absolute atomic E-state index is 4.56. The van der Waals surface area contributed by atoms with Crippen LogP contribution in [0.15, 0.2) is 6.07 Å². The van der Waals surface area contributed by atoms with Crippen LogP contribution >= 0.6 is 0 Å². The molecule has 1 fully saturated rings. The molecule has 0 spiro atoms. The molecule has 1 unspecified atom stereocenters. The van der Waals surface area contributed by atoms with Crippen LogP contribution in [0.4, 0.5) is 11.6 Å². The molecule has 1 atom stereocenters. The van der Waals surface area contributed by atoms with Crippen LogP contribution in [0.5, 0.6) is 0 Å². The Kier molecular flexibility index (Phi) is 3.94. The van der Waals surface area contributed by atoms with Gasteiger partial charge in [-0.1, -0.05) is 0 Å². The highest BCUT2D eigenvalue weighted by atomic mass is 15.2. The molecule has 0 bridgehead atoms. The Morgan fingerprint density at radius 1 is 1.37 bits per heavy atom. The molecule has 106 valence electrons. The summed E-state index contributed by atoms with van der Waals surface area (Å²) in [5, 5.41) is 6.80. The maximum Gasteiger partial charge on any atom is 0.134 e. The largest absolute Gasteiger partial charge is 0.365 e. The topological polar surface area (TPSA) is 53.1 Å². The smallest absolute Gasteiger partial charge is 0.134 e. The molecule has 1 aromatic heterocycles. The number of aryl methyl sites for hydroxylation is 1. The summed E-state index contributed by atoms with van der Waals surface area (Å²) in [6.07, 6.45) is 1.17. The number of anilines is 2. The quantitative estimate of drug-likeness (QED) is 0.871. The molecule has 0 radical (unpaired) electrons. The van der Waals surface area contributed by atoms with E-state index in [1.165, 1.54) is 6.42 Å². The normalized spacial score (nSPS) is 19.5. The van der Waals surface area contributed by atoms with E-state index >= 15 is 0 Å². The van der Waals surface area contributed by atoms with Gasteiger partial charge in [-0.25, -0.2) is 9.97 Å². The Bertz CT molecular complexity index is 432. The molecular formula is C14H25N5. The van der Waals surface area contributed by atoms with Crippen LogP contribution in [0.3, 0.4) is 0 Å². The monoisotopic (exact) mass is 263 g/mol. The molecule has 1 aromatic rings. The zero-order valence-electron chi connectivity index (χ0n) is 12.6. The minimum absolute atomic E-state index is 0.00550. The lowest BCUT2D eigenvalue weighted by atomic mass is 10.1. The molecule has 2 heterocycles. The Morgan fingerprint density at radius 3 is 2.68 bits per heavy atom. The molecule has 5 heteroatoms. The van der Waals surface area contributed by atoms with Gasteiger partial charge in [0.25, 0.3) is 0 Å². The molecule has 1 saturated heterocycles. The highest BCUT2D eigenvalue weighted by Gasteiger charge is 2.21. The number of hydrogen-bond acceptors (Lipinski definition) is 5. The molecule has 1 aliphatic heterocycles. The fourth-order valence-electron chi connectivity index (χ4n) is 2.34. The maximum atomic E-state index is 4.56. The number of likely N-dealkylation sites (N-methyl/N-ethyl adjacent to an activating group) is 1.